The van der Waals surface area contributed by atoms with Gasteiger partial charge in [0.25, 0.3) is 0 Å². The van der Waals surface area contributed by atoms with Crippen LogP contribution in [0.1, 0.15) is 11.3 Å². The summed E-state index contributed by atoms with van der Waals surface area (Å²) >= 11 is 1.47. The van der Waals surface area contributed by atoms with Crippen LogP contribution in [-0.2, 0) is 16.0 Å². The number of nitrogens with one attached hydrogen (secondary N) is 1. The molecular formula is C15H18N2O3S. The van der Waals surface area contributed by atoms with Crippen molar-refractivity contribution in [2.45, 2.75) is 13.3 Å². The molecule has 0 radical (unpaired) electrons. The van der Waals surface area contributed by atoms with Gasteiger partial charge in [-0.2, -0.15) is 0 Å². The Morgan fingerprint density at radius 2 is 2.29 bits per heavy atom. The highest BCUT2D eigenvalue weighted by molar-refractivity contribution is 7.13. The van der Waals surface area contributed by atoms with Crippen LogP contribution in [0.5, 0.6) is 5.75 Å². The molecule has 0 saturated carbocycles. The largest absolute Gasteiger partial charge is 0.492 e. The Morgan fingerprint density at radius 1 is 1.43 bits per heavy atom. The minimum atomic E-state index is -0.283. The minimum Gasteiger partial charge on any atom is -0.492 e. The monoisotopic (exact) mass is 306 g/mol. The highest BCUT2D eigenvalue weighted by Crippen LogP contribution is 2.16. The van der Waals surface area contributed by atoms with Crippen LogP contribution in [0.15, 0.2) is 29.6 Å². The minimum absolute atomic E-state index is 0.203. The van der Waals surface area contributed by atoms with E-state index < -0.39 is 0 Å². The lowest BCUT2D eigenvalue weighted by Crippen LogP contribution is -2.11. The maximum atomic E-state index is 11.1. The van der Waals surface area contributed by atoms with Crippen molar-refractivity contribution >= 4 is 22.4 Å². The number of carbonyl (C=O) groups is 1. The molecule has 21 heavy (non-hydrogen) atoms. The van der Waals surface area contributed by atoms with E-state index in [0.717, 1.165) is 10.9 Å². The van der Waals surface area contributed by atoms with E-state index in [4.69, 9.17) is 4.74 Å². The summed E-state index contributed by atoms with van der Waals surface area (Å²) in [5, 5.41) is 5.80. The van der Waals surface area contributed by atoms with E-state index in [1.165, 1.54) is 24.0 Å². The number of carbonyl (C=O) groups excluding carboxylic acids is 1. The van der Waals surface area contributed by atoms with Crippen molar-refractivity contribution < 1.29 is 14.3 Å². The van der Waals surface area contributed by atoms with Gasteiger partial charge in [-0.05, 0) is 24.6 Å². The summed E-state index contributed by atoms with van der Waals surface area (Å²) in [6.45, 7) is 3.23. The number of esters is 1. The van der Waals surface area contributed by atoms with Crippen molar-refractivity contribution in [3.63, 3.8) is 0 Å². The van der Waals surface area contributed by atoms with Gasteiger partial charge < -0.3 is 14.8 Å². The number of rotatable bonds is 7. The van der Waals surface area contributed by atoms with Crippen LogP contribution in [-0.4, -0.2) is 31.2 Å². The van der Waals surface area contributed by atoms with E-state index in [-0.39, 0.29) is 12.4 Å². The summed E-state index contributed by atoms with van der Waals surface area (Å²) in [5.41, 5.74) is 1.89. The van der Waals surface area contributed by atoms with Crippen molar-refractivity contribution in [3.05, 3.63) is 40.9 Å². The van der Waals surface area contributed by atoms with Crippen molar-refractivity contribution in [1.82, 2.24) is 4.98 Å². The second kappa shape index (κ2) is 7.64. The third-order valence-corrected chi connectivity index (χ3v) is 3.59. The average molecular weight is 306 g/mol. The Bertz CT molecular complexity index is 598. The third-order valence-electron chi connectivity index (χ3n) is 2.74. The van der Waals surface area contributed by atoms with E-state index in [1.54, 1.807) is 0 Å². The second-order valence-electron chi connectivity index (χ2n) is 4.49. The molecule has 0 aliphatic heterocycles. The molecule has 2 rings (SSSR count). The van der Waals surface area contributed by atoms with Gasteiger partial charge in [0.15, 0.2) is 5.13 Å². The Kier molecular flexibility index (Phi) is 5.57. The predicted molar refractivity (Wildman–Crippen MR) is 83.0 cm³/mol. The van der Waals surface area contributed by atoms with Gasteiger partial charge in [0.2, 0.25) is 0 Å². The number of methoxy groups -OCH3 is 1. The van der Waals surface area contributed by atoms with Crippen LogP contribution < -0.4 is 10.1 Å². The topological polar surface area (TPSA) is 60.5 Å². The Hall–Kier alpha value is -2.08. The van der Waals surface area contributed by atoms with Crippen LogP contribution in [0, 0.1) is 6.92 Å². The van der Waals surface area contributed by atoms with Gasteiger partial charge in [0.1, 0.15) is 12.4 Å². The quantitative estimate of drug-likeness (QED) is 0.629. The fraction of sp³-hybridized carbons (Fsp3) is 0.333. The molecule has 112 valence electrons. The molecule has 0 atom stereocenters. The first-order valence-corrected chi connectivity index (χ1v) is 7.50. The number of benzene rings is 1. The number of thiazole rings is 1. The first-order chi connectivity index (χ1) is 10.2. The zero-order valence-electron chi connectivity index (χ0n) is 12.1. The summed E-state index contributed by atoms with van der Waals surface area (Å²) in [6.07, 6.45) is 0.203. The third kappa shape index (κ3) is 5.07. The normalized spacial score (nSPS) is 10.2. The molecule has 2 aromatic rings. The summed E-state index contributed by atoms with van der Waals surface area (Å²) in [6, 6.07) is 7.93. The first-order valence-electron chi connectivity index (χ1n) is 6.62. The van der Waals surface area contributed by atoms with Gasteiger partial charge in [-0.25, -0.2) is 4.98 Å². The molecule has 0 fully saturated rings. The van der Waals surface area contributed by atoms with Crippen molar-refractivity contribution in [3.8, 4) is 5.75 Å². The van der Waals surface area contributed by atoms with Gasteiger partial charge in [-0.15, -0.1) is 11.3 Å². The fourth-order valence-corrected chi connectivity index (χ4v) is 2.46. The van der Waals surface area contributed by atoms with Gasteiger partial charge in [0.05, 0.1) is 25.8 Å². The Balaban J connectivity index is 1.72. The molecule has 0 amide bonds. The smallest absolute Gasteiger partial charge is 0.311 e. The summed E-state index contributed by atoms with van der Waals surface area (Å²) < 4.78 is 10.2. The molecule has 0 aliphatic rings. The lowest BCUT2D eigenvalue weighted by molar-refractivity contribution is -0.139. The molecule has 1 heterocycles. The van der Waals surface area contributed by atoms with Gasteiger partial charge in [-0.3, -0.25) is 4.79 Å². The Labute approximate surface area is 127 Å². The molecule has 1 N–H and O–H groups in total. The van der Waals surface area contributed by atoms with Crippen LogP contribution in [0.3, 0.4) is 0 Å². The van der Waals surface area contributed by atoms with Crippen molar-refractivity contribution in [1.29, 1.82) is 0 Å². The maximum absolute atomic E-state index is 11.1. The van der Waals surface area contributed by atoms with Gasteiger partial charge >= 0.3 is 5.97 Å². The molecule has 1 aromatic carbocycles. The molecule has 6 heteroatoms. The summed E-state index contributed by atoms with van der Waals surface area (Å²) in [5.74, 6) is 0.581. The predicted octanol–water partition coefficient (Wildman–Crippen LogP) is 2.66. The second-order valence-corrected chi connectivity index (χ2v) is 5.35. The van der Waals surface area contributed by atoms with Gasteiger partial charge in [-0.1, -0.05) is 12.1 Å². The molecule has 0 aliphatic carbocycles. The fourth-order valence-electron chi connectivity index (χ4n) is 1.72. The zero-order valence-corrected chi connectivity index (χ0v) is 12.9. The van der Waals surface area contributed by atoms with E-state index in [2.05, 4.69) is 15.0 Å². The van der Waals surface area contributed by atoms with Crippen molar-refractivity contribution in [2.75, 3.05) is 25.6 Å². The van der Waals surface area contributed by atoms with Crippen LogP contribution in [0.25, 0.3) is 0 Å². The molecule has 0 saturated heterocycles. The number of hydrogen-bond acceptors (Lipinski definition) is 6. The average Bonchev–Trinajstić information content (AvgIpc) is 2.91. The van der Waals surface area contributed by atoms with Crippen molar-refractivity contribution in [2.24, 2.45) is 0 Å². The summed E-state index contributed by atoms with van der Waals surface area (Å²) in [7, 11) is 1.37. The first kappa shape index (κ1) is 15.3. The van der Waals surface area contributed by atoms with E-state index in [0.29, 0.717) is 18.8 Å². The van der Waals surface area contributed by atoms with E-state index in [1.807, 2.05) is 36.6 Å². The van der Waals surface area contributed by atoms with Crippen LogP contribution in [0.4, 0.5) is 5.13 Å². The number of hydrogen-bond donors (Lipinski definition) is 1. The molecule has 0 unspecified atom stereocenters. The number of aryl methyl sites for hydroxylation is 1. The van der Waals surface area contributed by atoms with Crippen LogP contribution in [0.2, 0.25) is 0 Å². The maximum Gasteiger partial charge on any atom is 0.311 e. The number of anilines is 1. The highest BCUT2D eigenvalue weighted by atomic mass is 32.1. The standard InChI is InChI=1S/C15H18N2O3S/c1-11-4-3-5-13(8-11)20-7-6-16-15-17-12(10-21-15)9-14(18)19-2/h3-5,8,10H,6-7,9H2,1-2H3,(H,16,17). The lowest BCUT2D eigenvalue weighted by atomic mass is 10.2. The number of ether oxygens (including phenoxy) is 2. The number of nitrogens with zero attached hydrogens (tertiary/aromatic N) is 1. The van der Waals surface area contributed by atoms with E-state index in [9.17, 15) is 4.79 Å². The summed E-state index contributed by atoms with van der Waals surface area (Å²) in [4.78, 5) is 15.4. The number of aromatic nitrogens is 1. The molecular weight excluding hydrogens is 288 g/mol. The molecule has 5 nitrogen and oxygen atoms in total. The molecule has 0 bridgehead atoms. The van der Waals surface area contributed by atoms with Crippen LogP contribution >= 0.6 is 11.3 Å². The zero-order chi connectivity index (χ0) is 15.1. The lowest BCUT2D eigenvalue weighted by Gasteiger charge is -2.07. The molecule has 1 aromatic heterocycles. The highest BCUT2D eigenvalue weighted by Gasteiger charge is 2.07. The van der Waals surface area contributed by atoms with E-state index >= 15 is 0 Å². The SMILES string of the molecule is COC(=O)Cc1csc(NCCOc2cccc(C)c2)n1. The Morgan fingerprint density at radius 3 is 3.05 bits per heavy atom. The molecule has 0 spiro atoms. The van der Waals surface area contributed by atoms with Gasteiger partial charge in [0, 0.05) is 5.38 Å².